The second-order valence-electron chi connectivity index (χ2n) is 15.2. The predicted octanol–water partition coefficient (Wildman–Crippen LogP) is 8.47. The molecule has 18 heteroatoms. The maximum absolute atomic E-state index is 12.7. The molecule has 0 bridgehead atoms. The Balaban J connectivity index is 4.90. The summed E-state index contributed by atoms with van der Waals surface area (Å²) in [7, 11) is -9.82. The average Bonchev–Trinajstić information content (AvgIpc) is 3.24. The molecule has 0 amide bonds. The van der Waals surface area contributed by atoms with Gasteiger partial charge in [-0.3, -0.25) is 23.2 Å². The maximum atomic E-state index is 12.7. The molecule has 0 radical (unpaired) electrons. The largest absolute Gasteiger partial charge is 0.472 e. The predicted molar refractivity (Wildman–Crippen MR) is 248 cm³/mol. The molecule has 16 nitrogen and oxygen atoms in total. The van der Waals surface area contributed by atoms with Crippen molar-refractivity contribution in [3.8, 4) is 0 Å². The summed E-state index contributed by atoms with van der Waals surface area (Å²) in [6, 6.07) is 0. The highest BCUT2D eigenvalue weighted by molar-refractivity contribution is 7.47. The number of unbranched alkanes of at least 4 members (excludes halogenated alkanes) is 9. The first-order chi connectivity index (χ1) is 30.6. The first-order valence-corrected chi connectivity index (χ1v) is 25.6. The molecule has 6 atom stereocenters. The van der Waals surface area contributed by atoms with Gasteiger partial charge in [-0.05, 0) is 57.8 Å². The molecule has 0 spiro atoms. The monoisotopic (exact) mass is 948 g/mol. The fourth-order valence-corrected chi connectivity index (χ4v) is 6.67. The number of phosphoric ester groups is 2. The van der Waals surface area contributed by atoms with Crippen LogP contribution >= 0.6 is 15.6 Å². The lowest BCUT2D eigenvalue weighted by atomic mass is 10.1. The Labute approximate surface area is 381 Å². The number of carbonyl (C=O) groups excluding carboxylic acids is 2. The van der Waals surface area contributed by atoms with Gasteiger partial charge in [0.25, 0.3) is 0 Å². The first kappa shape index (κ1) is 61.2. The van der Waals surface area contributed by atoms with Crippen LogP contribution in [0.5, 0.6) is 0 Å². The summed E-state index contributed by atoms with van der Waals surface area (Å²) in [5.41, 5.74) is 0. The van der Waals surface area contributed by atoms with Crippen LogP contribution in [0.4, 0.5) is 0 Å². The van der Waals surface area contributed by atoms with Crippen LogP contribution < -0.4 is 0 Å². The lowest BCUT2D eigenvalue weighted by Crippen LogP contribution is -2.30. The van der Waals surface area contributed by atoms with E-state index >= 15 is 0 Å². The SMILES string of the molecule is CCCCCCCC/C=C\C/C=C\C/C=C\CCCC(=O)O[C@H](COC(=O)CCC[C@@H](O)[C@H](O)/C=C/C=C/C=C\C=C\[C@H](O)CCCCC)COP(=O)(O)OC[C@@H](O)COP(=O)(O)O. The van der Waals surface area contributed by atoms with E-state index in [0.29, 0.717) is 12.8 Å². The number of carbonyl (C=O) groups is 2. The molecule has 0 aromatic rings. The lowest BCUT2D eigenvalue weighted by molar-refractivity contribution is -0.161. The van der Waals surface area contributed by atoms with E-state index in [4.69, 9.17) is 23.8 Å². The average molecular weight is 949 g/mol. The Morgan fingerprint density at radius 1 is 0.547 bits per heavy atom. The third kappa shape index (κ3) is 41.9. The number of esters is 2. The molecule has 0 fully saturated rings. The number of aliphatic hydroxyl groups excluding tert-OH is 4. The van der Waals surface area contributed by atoms with Gasteiger partial charge in [0.05, 0.1) is 38.1 Å². The van der Waals surface area contributed by atoms with Gasteiger partial charge >= 0.3 is 27.6 Å². The summed E-state index contributed by atoms with van der Waals surface area (Å²) in [6.45, 7) is 1.19. The number of rotatable bonds is 41. The summed E-state index contributed by atoms with van der Waals surface area (Å²) in [4.78, 5) is 52.8. The molecule has 0 aliphatic rings. The summed E-state index contributed by atoms with van der Waals surface area (Å²) in [5, 5.41) is 40.2. The second-order valence-corrected chi connectivity index (χ2v) is 17.9. The van der Waals surface area contributed by atoms with Crippen molar-refractivity contribution < 1.29 is 76.9 Å². The van der Waals surface area contributed by atoms with Gasteiger partial charge in [0, 0.05) is 12.8 Å². The second kappa shape index (κ2) is 40.5. The molecule has 0 heterocycles. The molecule has 1 unspecified atom stereocenters. The van der Waals surface area contributed by atoms with E-state index in [1.165, 1.54) is 44.6 Å². The molecular weight excluding hydrogens is 870 g/mol. The van der Waals surface area contributed by atoms with Crippen molar-refractivity contribution in [2.24, 2.45) is 0 Å². The van der Waals surface area contributed by atoms with Gasteiger partial charge in [-0.2, -0.15) is 0 Å². The normalized spacial score (nSPS) is 16.2. The highest BCUT2D eigenvalue weighted by atomic mass is 31.2. The summed E-state index contributed by atoms with van der Waals surface area (Å²) < 4.78 is 47.5. The number of phosphoric acid groups is 2. The van der Waals surface area contributed by atoms with Crippen molar-refractivity contribution in [1.82, 2.24) is 0 Å². The highest BCUT2D eigenvalue weighted by Gasteiger charge is 2.28. The van der Waals surface area contributed by atoms with Gasteiger partial charge in [0.15, 0.2) is 6.10 Å². The molecule has 0 saturated carbocycles. The molecule has 0 rings (SSSR count). The van der Waals surface area contributed by atoms with E-state index in [1.807, 2.05) is 12.2 Å². The fraction of sp³-hybridized carbons (Fsp3) is 0.652. The van der Waals surface area contributed by atoms with Gasteiger partial charge < -0.3 is 44.6 Å². The number of hydrogen-bond acceptors (Lipinski definition) is 13. The zero-order chi connectivity index (χ0) is 47.7. The molecular formula is C46H78O16P2. The number of hydrogen-bond donors (Lipinski definition) is 7. The van der Waals surface area contributed by atoms with Crippen molar-refractivity contribution in [2.75, 3.05) is 26.4 Å². The zero-order valence-corrected chi connectivity index (χ0v) is 39.7. The third-order valence-corrected chi connectivity index (χ3v) is 10.5. The van der Waals surface area contributed by atoms with E-state index in [9.17, 15) is 44.0 Å². The Morgan fingerprint density at radius 2 is 1.08 bits per heavy atom. The van der Waals surface area contributed by atoms with Gasteiger partial charge in [-0.25, -0.2) is 9.13 Å². The maximum Gasteiger partial charge on any atom is 0.472 e. The van der Waals surface area contributed by atoms with E-state index in [-0.39, 0.29) is 25.7 Å². The summed E-state index contributed by atoms with van der Waals surface area (Å²) in [6.07, 6.45) is 35.2. The van der Waals surface area contributed by atoms with Gasteiger partial charge in [-0.15, -0.1) is 0 Å². The van der Waals surface area contributed by atoms with Crippen LogP contribution in [0, 0.1) is 0 Å². The number of allylic oxidation sites excluding steroid dienone is 12. The van der Waals surface area contributed by atoms with Crippen LogP contribution in [0.15, 0.2) is 85.1 Å². The van der Waals surface area contributed by atoms with E-state index < -0.39 is 84.5 Å². The molecule has 0 aromatic heterocycles. The Kier molecular flexibility index (Phi) is 38.7. The molecule has 64 heavy (non-hydrogen) atoms. The van der Waals surface area contributed by atoms with E-state index in [2.05, 4.69) is 47.2 Å². The smallest absolute Gasteiger partial charge is 0.462 e. The Bertz CT molecular complexity index is 1500. The number of ether oxygens (including phenoxy) is 2. The number of aliphatic hydroxyl groups is 4. The quantitative estimate of drug-likeness (QED) is 0.00997. The minimum absolute atomic E-state index is 0.0180. The lowest BCUT2D eigenvalue weighted by Gasteiger charge is -2.20. The Morgan fingerprint density at radius 3 is 1.73 bits per heavy atom. The van der Waals surface area contributed by atoms with Crippen LogP contribution in [0.3, 0.4) is 0 Å². The first-order valence-electron chi connectivity index (χ1n) is 22.6. The summed E-state index contributed by atoms with van der Waals surface area (Å²) >= 11 is 0. The van der Waals surface area contributed by atoms with Crippen LogP contribution in [-0.4, -0.2) is 104 Å². The molecule has 0 aliphatic carbocycles. The van der Waals surface area contributed by atoms with Crippen molar-refractivity contribution in [3.05, 3.63) is 85.1 Å². The molecule has 0 aliphatic heterocycles. The highest BCUT2D eigenvalue weighted by Crippen LogP contribution is 2.43. The zero-order valence-electron chi connectivity index (χ0n) is 37.9. The van der Waals surface area contributed by atoms with E-state index in [1.54, 1.807) is 42.5 Å². The van der Waals surface area contributed by atoms with E-state index in [0.717, 1.165) is 44.9 Å². The molecule has 368 valence electrons. The minimum atomic E-state index is -4.91. The van der Waals surface area contributed by atoms with Gasteiger partial charge in [0.2, 0.25) is 0 Å². The van der Waals surface area contributed by atoms with Crippen molar-refractivity contribution in [3.63, 3.8) is 0 Å². The van der Waals surface area contributed by atoms with Gasteiger partial charge in [-0.1, -0.05) is 150 Å². The van der Waals surface area contributed by atoms with Crippen molar-refractivity contribution >= 4 is 27.6 Å². The molecule has 0 saturated heterocycles. The van der Waals surface area contributed by atoms with Crippen molar-refractivity contribution in [2.45, 2.75) is 166 Å². The Hall–Kier alpha value is -2.82. The fourth-order valence-electron chi connectivity index (χ4n) is 5.51. The third-order valence-electron chi connectivity index (χ3n) is 9.11. The van der Waals surface area contributed by atoms with Gasteiger partial charge in [0.1, 0.15) is 12.7 Å². The topological polar surface area (TPSA) is 256 Å². The summed E-state index contributed by atoms with van der Waals surface area (Å²) in [5.74, 6) is -1.43. The molecule has 0 aromatic carbocycles. The van der Waals surface area contributed by atoms with Crippen LogP contribution in [0.25, 0.3) is 0 Å². The van der Waals surface area contributed by atoms with Crippen molar-refractivity contribution in [1.29, 1.82) is 0 Å². The standard InChI is InChI=1S/C46H78O16P2/c1-3-5-7-8-9-10-11-12-13-14-15-16-17-18-19-24-28-34-46(52)62-42(39-61-64(56,57)60-37-41(48)36-59-63(53,54)55)38-58-45(51)35-29-33-44(50)43(49)32-27-23-21-20-22-26-31-40(47)30-25-6-4-2/h12-13,15-16,18-23,26-27,31-32,40-44,47-50H,3-11,14,17,24-25,28-30,33-39H2,1-2H3,(H,56,57)(H2,53,54,55)/b13-12-,16-15-,19-18-,22-20-,23-21+,31-26+,32-27+/t40-,41+,42-,43-,44-/m1/s1. The van der Waals surface area contributed by atoms with Crippen LogP contribution in [0.1, 0.15) is 136 Å². The minimum Gasteiger partial charge on any atom is -0.462 e. The molecule has 7 N–H and O–H groups in total. The van der Waals surface area contributed by atoms with Crippen LogP contribution in [-0.2, 0) is 41.8 Å². The van der Waals surface area contributed by atoms with Crippen LogP contribution in [0.2, 0.25) is 0 Å².